The molecule has 7 nitrogen and oxygen atoms in total. The first-order valence-electron chi connectivity index (χ1n) is 7.68. The largest absolute Gasteiger partial charge is 0.491 e. The van der Waals surface area contributed by atoms with Gasteiger partial charge in [0.05, 0.1) is 17.9 Å². The van der Waals surface area contributed by atoms with Gasteiger partial charge in [-0.05, 0) is 37.0 Å². The number of benzene rings is 1. The number of hydrogen-bond donors (Lipinski definition) is 2. The van der Waals surface area contributed by atoms with Crippen LogP contribution < -0.4 is 15.2 Å². The minimum Gasteiger partial charge on any atom is -0.491 e. The fraction of sp³-hybridized carbons (Fsp3) is 0.312. The third-order valence-electron chi connectivity index (χ3n) is 4.01. The number of carbonyl (C=O) groups is 1. The number of ether oxygens (including phenoxy) is 1. The number of carbonyl (C=O) groups excluding carboxylic acids is 1. The van der Waals surface area contributed by atoms with Crippen LogP contribution >= 0.6 is 11.6 Å². The summed E-state index contributed by atoms with van der Waals surface area (Å²) >= 11 is 5.99. The van der Waals surface area contributed by atoms with Crippen LogP contribution in [0, 0.1) is 5.92 Å². The van der Waals surface area contributed by atoms with Crippen LogP contribution in [0.1, 0.15) is 29.6 Å². The van der Waals surface area contributed by atoms with Crippen molar-refractivity contribution in [1.29, 1.82) is 0 Å². The van der Waals surface area contributed by atoms with Crippen LogP contribution in [0.5, 0.6) is 5.75 Å². The van der Waals surface area contributed by atoms with Crippen molar-refractivity contribution < 1.29 is 22.4 Å². The van der Waals surface area contributed by atoms with Crippen LogP contribution in [0.4, 0.5) is 5.69 Å². The molecule has 0 atom stereocenters. The van der Waals surface area contributed by atoms with E-state index in [1.807, 2.05) is 0 Å². The molecule has 2 aromatic rings. The molecule has 1 aliphatic rings. The Balaban J connectivity index is 1.75. The quantitative estimate of drug-likeness (QED) is 0.795. The number of furan rings is 1. The number of hydrogen-bond acceptors (Lipinski definition) is 5. The van der Waals surface area contributed by atoms with Crippen molar-refractivity contribution in [2.24, 2.45) is 11.1 Å². The smallest absolute Gasteiger partial charge is 0.271 e. The molecule has 9 heteroatoms. The van der Waals surface area contributed by atoms with Crippen molar-refractivity contribution in [3.63, 3.8) is 0 Å². The first-order valence-corrected chi connectivity index (χ1v) is 9.60. The summed E-state index contributed by atoms with van der Waals surface area (Å²) in [5.74, 6) is 0.472. The molecule has 0 bridgehead atoms. The highest BCUT2D eigenvalue weighted by atomic mass is 35.5. The van der Waals surface area contributed by atoms with Gasteiger partial charge in [0, 0.05) is 11.1 Å². The molecule has 3 N–H and O–H groups in total. The fourth-order valence-corrected chi connectivity index (χ4v) is 3.02. The van der Waals surface area contributed by atoms with Crippen LogP contribution in [-0.4, -0.2) is 20.9 Å². The van der Waals surface area contributed by atoms with Crippen LogP contribution in [0.2, 0.25) is 5.02 Å². The maximum Gasteiger partial charge on any atom is 0.271 e. The van der Waals surface area contributed by atoms with Crippen LogP contribution in [0.15, 0.2) is 40.0 Å². The first-order chi connectivity index (χ1) is 11.8. The van der Waals surface area contributed by atoms with Gasteiger partial charge in [-0.3, -0.25) is 4.79 Å². The molecule has 0 saturated heterocycles. The highest BCUT2D eigenvalue weighted by molar-refractivity contribution is 7.89. The first kappa shape index (κ1) is 17.8. The molecule has 1 aliphatic carbocycles. The molecule has 1 aromatic carbocycles. The lowest BCUT2D eigenvalue weighted by molar-refractivity contribution is 0.102. The van der Waals surface area contributed by atoms with E-state index < -0.39 is 21.0 Å². The molecule has 1 aromatic heterocycles. The van der Waals surface area contributed by atoms with Crippen molar-refractivity contribution in [2.75, 3.05) is 11.9 Å². The molecule has 0 spiro atoms. The van der Waals surface area contributed by atoms with Gasteiger partial charge in [0.25, 0.3) is 15.9 Å². The zero-order valence-electron chi connectivity index (χ0n) is 13.2. The summed E-state index contributed by atoms with van der Waals surface area (Å²) < 4.78 is 33.0. The average molecular weight is 385 g/mol. The lowest BCUT2D eigenvalue weighted by Crippen LogP contribution is -2.20. The van der Waals surface area contributed by atoms with E-state index in [-0.39, 0.29) is 5.56 Å². The minimum atomic E-state index is -4.01. The number of nitrogens with one attached hydrogen (secondary N) is 1. The number of amides is 1. The fourth-order valence-electron chi connectivity index (χ4n) is 2.37. The zero-order valence-corrected chi connectivity index (χ0v) is 14.8. The summed E-state index contributed by atoms with van der Waals surface area (Å²) in [5, 5.41) is 7.56. The summed E-state index contributed by atoms with van der Waals surface area (Å²) in [6.45, 7) is 0.575. The Kier molecular flexibility index (Phi) is 5.03. The van der Waals surface area contributed by atoms with Crippen LogP contribution in [0.25, 0.3) is 0 Å². The lowest BCUT2D eigenvalue weighted by atomic mass is 9.86. The van der Waals surface area contributed by atoms with Crippen molar-refractivity contribution >= 4 is 33.2 Å². The highest BCUT2D eigenvalue weighted by Crippen LogP contribution is 2.32. The SMILES string of the molecule is NS(=O)(=O)c1cc(C(=O)Nc2cc(Cl)ccc2OCC2CCC2)co1. The van der Waals surface area contributed by atoms with E-state index in [2.05, 4.69) is 5.32 Å². The number of rotatable bonds is 6. The average Bonchev–Trinajstić information content (AvgIpc) is 2.98. The lowest BCUT2D eigenvalue weighted by Gasteiger charge is -2.25. The van der Waals surface area contributed by atoms with E-state index >= 15 is 0 Å². The van der Waals surface area contributed by atoms with Crippen molar-refractivity contribution in [3.8, 4) is 5.75 Å². The number of primary sulfonamides is 1. The summed E-state index contributed by atoms with van der Waals surface area (Å²) in [4.78, 5) is 12.3. The molecule has 0 aliphatic heterocycles. The number of anilines is 1. The molecule has 1 amide bonds. The Morgan fingerprint density at radius 2 is 2.12 bits per heavy atom. The van der Waals surface area contributed by atoms with Crippen LogP contribution in [-0.2, 0) is 10.0 Å². The van der Waals surface area contributed by atoms with Gasteiger partial charge in [-0.1, -0.05) is 18.0 Å². The molecule has 1 heterocycles. The summed E-state index contributed by atoms with van der Waals surface area (Å²) in [6.07, 6.45) is 4.51. The Hall–Kier alpha value is -2.03. The van der Waals surface area contributed by atoms with Gasteiger partial charge in [0.2, 0.25) is 5.09 Å². The molecule has 134 valence electrons. The van der Waals surface area contributed by atoms with E-state index in [1.165, 1.54) is 6.42 Å². The summed E-state index contributed by atoms with van der Waals surface area (Å²) in [7, 11) is -4.01. The molecule has 1 fully saturated rings. The van der Waals surface area contributed by atoms with E-state index in [9.17, 15) is 13.2 Å². The molecule has 3 rings (SSSR count). The number of nitrogens with two attached hydrogens (primary N) is 1. The Labute approximate surface area is 150 Å². The van der Waals surface area contributed by atoms with E-state index in [0.29, 0.717) is 29.0 Å². The van der Waals surface area contributed by atoms with E-state index in [1.54, 1.807) is 18.2 Å². The van der Waals surface area contributed by atoms with Crippen molar-refractivity contribution in [2.45, 2.75) is 24.4 Å². The Morgan fingerprint density at radius 3 is 2.72 bits per heavy atom. The second-order valence-corrected chi connectivity index (χ2v) is 7.83. The van der Waals surface area contributed by atoms with Crippen molar-refractivity contribution in [3.05, 3.63) is 41.1 Å². The molecular weight excluding hydrogens is 368 g/mol. The van der Waals surface area contributed by atoms with Gasteiger partial charge in [0.1, 0.15) is 12.0 Å². The summed E-state index contributed by atoms with van der Waals surface area (Å²) in [6, 6.07) is 5.98. The standard InChI is InChI=1S/C16H17ClN2O5S/c17-12-4-5-14(23-8-10-2-1-3-10)13(7-12)19-16(20)11-6-15(24-9-11)25(18,21)22/h4-7,9-10H,1-3,8H2,(H,19,20)(H2,18,21,22). The van der Waals surface area contributed by atoms with Gasteiger partial charge < -0.3 is 14.5 Å². The van der Waals surface area contributed by atoms with E-state index in [0.717, 1.165) is 25.2 Å². The van der Waals surface area contributed by atoms with Gasteiger partial charge in [0.15, 0.2) is 0 Å². The molecule has 0 unspecified atom stereocenters. The highest BCUT2D eigenvalue weighted by Gasteiger charge is 2.20. The predicted octanol–water partition coefficient (Wildman–Crippen LogP) is 3.01. The maximum absolute atomic E-state index is 12.3. The molecular formula is C16H17ClN2O5S. The Bertz CT molecular complexity index is 890. The second-order valence-electron chi connectivity index (χ2n) is 5.90. The topological polar surface area (TPSA) is 112 Å². The van der Waals surface area contributed by atoms with Gasteiger partial charge >= 0.3 is 0 Å². The maximum atomic E-state index is 12.3. The molecule has 25 heavy (non-hydrogen) atoms. The normalized spacial score (nSPS) is 14.8. The number of halogens is 1. The minimum absolute atomic E-state index is 0.0222. The van der Waals surface area contributed by atoms with Gasteiger partial charge in [-0.25, -0.2) is 13.6 Å². The van der Waals surface area contributed by atoms with Crippen LogP contribution in [0.3, 0.4) is 0 Å². The summed E-state index contributed by atoms with van der Waals surface area (Å²) in [5.41, 5.74) is 0.420. The molecule has 1 saturated carbocycles. The molecule has 0 radical (unpaired) electrons. The predicted molar refractivity (Wildman–Crippen MR) is 92.3 cm³/mol. The third-order valence-corrected chi connectivity index (χ3v) is 5.02. The second kappa shape index (κ2) is 7.07. The third kappa shape index (κ3) is 4.33. The number of sulfonamides is 1. The zero-order chi connectivity index (χ0) is 18.0. The van der Waals surface area contributed by atoms with Gasteiger partial charge in [-0.15, -0.1) is 0 Å². The Morgan fingerprint density at radius 1 is 1.36 bits per heavy atom. The van der Waals surface area contributed by atoms with Gasteiger partial charge in [-0.2, -0.15) is 0 Å². The van der Waals surface area contributed by atoms with Crippen molar-refractivity contribution in [1.82, 2.24) is 0 Å². The van der Waals surface area contributed by atoms with E-state index in [4.69, 9.17) is 25.9 Å². The monoisotopic (exact) mass is 384 g/mol.